The monoisotopic (exact) mass is 354 g/mol. The van der Waals surface area contributed by atoms with Crippen LogP contribution in [0.5, 0.6) is 0 Å². The van der Waals surface area contributed by atoms with Crippen LogP contribution >= 0.6 is 0 Å². The molecule has 1 aliphatic rings. The fourth-order valence-electron chi connectivity index (χ4n) is 2.53. The summed E-state index contributed by atoms with van der Waals surface area (Å²) in [6, 6.07) is 12.4. The number of hydrogen-bond acceptors (Lipinski definition) is 4. The van der Waals surface area contributed by atoms with Crippen molar-refractivity contribution in [1.82, 2.24) is 5.32 Å². The van der Waals surface area contributed by atoms with Gasteiger partial charge in [0.15, 0.2) is 0 Å². The first-order chi connectivity index (χ1) is 12.5. The predicted molar refractivity (Wildman–Crippen MR) is 98.5 cm³/mol. The van der Waals surface area contributed by atoms with Crippen molar-refractivity contribution in [3.63, 3.8) is 0 Å². The van der Waals surface area contributed by atoms with Crippen LogP contribution in [0.2, 0.25) is 0 Å². The van der Waals surface area contributed by atoms with E-state index in [1.165, 1.54) is 29.8 Å². The number of rotatable bonds is 5. The Balaban J connectivity index is 1.58. The van der Waals surface area contributed by atoms with Gasteiger partial charge in [0, 0.05) is 11.4 Å². The minimum Gasteiger partial charge on any atom is -0.326 e. The third-order valence-electron chi connectivity index (χ3n) is 3.96. The maximum atomic E-state index is 12.9. The number of amides is 2. The van der Waals surface area contributed by atoms with Gasteiger partial charge in [0.25, 0.3) is 5.91 Å². The highest BCUT2D eigenvalue weighted by Gasteiger charge is 2.28. The molecule has 0 saturated heterocycles. The van der Waals surface area contributed by atoms with Gasteiger partial charge in [0.2, 0.25) is 11.9 Å². The summed E-state index contributed by atoms with van der Waals surface area (Å²) in [4.78, 5) is 28.3. The third kappa shape index (κ3) is 4.44. The summed E-state index contributed by atoms with van der Waals surface area (Å²) in [5.41, 5.74) is 2.48. The Morgan fingerprint density at radius 1 is 1.12 bits per heavy atom. The molecule has 134 valence electrons. The number of nitrogens with one attached hydrogen (secondary N) is 3. The minimum absolute atomic E-state index is 0.0941. The molecule has 0 aliphatic carbocycles. The summed E-state index contributed by atoms with van der Waals surface area (Å²) >= 11 is 0. The van der Waals surface area contributed by atoms with Gasteiger partial charge in [-0.1, -0.05) is 19.1 Å². The number of carbonyl (C=O) groups excluding carboxylic acids is 2. The summed E-state index contributed by atoms with van der Waals surface area (Å²) < 4.78 is 12.9. The lowest BCUT2D eigenvalue weighted by molar-refractivity contribution is -0.123. The number of anilines is 2. The van der Waals surface area contributed by atoms with Crippen LogP contribution in [0.3, 0.4) is 0 Å². The van der Waals surface area contributed by atoms with E-state index in [0.29, 0.717) is 11.6 Å². The SMILES string of the molecule is CCc1ccc(NC2=NC(CC(=O)Nc3ccc(F)cc3)C(=O)N2)cc1. The Labute approximate surface area is 150 Å². The Bertz CT molecular complexity index is 832. The maximum Gasteiger partial charge on any atom is 0.252 e. The van der Waals surface area contributed by atoms with E-state index in [-0.39, 0.29) is 24.1 Å². The normalized spacial score (nSPS) is 16.0. The fourth-order valence-corrected chi connectivity index (χ4v) is 2.53. The largest absolute Gasteiger partial charge is 0.326 e. The van der Waals surface area contributed by atoms with Crippen LogP contribution in [0.25, 0.3) is 0 Å². The van der Waals surface area contributed by atoms with Crippen LogP contribution in [-0.2, 0) is 16.0 Å². The molecule has 0 saturated carbocycles. The van der Waals surface area contributed by atoms with Crippen LogP contribution in [-0.4, -0.2) is 23.8 Å². The third-order valence-corrected chi connectivity index (χ3v) is 3.96. The second kappa shape index (κ2) is 7.77. The number of guanidine groups is 1. The molecular weight excluding hydrogens is 335 g/mol. The van der Waals surface area contributed by atoms with Crippen LogP contribution < -0.4 is 16.0 Å². The predicted octanol–water partition coefficient (Wildman–Crippen LogP) is 2.68. The number of benzene rings is 2. The van der Waals surface area contributed by atoms with E-state index in [0.717, 1.165) is 12.1 Å². The first kappa shape index (κ1) is 17.6. The zero-order valence-electron chi connectivity index (χ0n) is 14.3. The maximum absolute atomic E-state index is 12.9. The standard InChI is InChI=1S/C19H19FN4O2/c1-2-12-3-7-15(8-4-12)22-19-23-16(18(26)24-19)11-17(25)21-14-9-5-13(20)6-10-14/h3-10,16H,2,11H2,1H3,(H,21,25)(H2,22,23,24,26). The van der Waals surface area contributed by atoms with Crippen molar-refractivity contribution < 1.29 is 14.0 Å². The zero-order chi connectivity index (χ0) is 18.5. The molecule has 0 spiro atoms. The molecule has 0 aromatic heterocycles. The minimum atomic E-state index is -0.798. The number of aliphatic imine (C=N–C) groups is 1. The summed E-state index contributed by atoms with van der Waals surface area (Å²) in [6.45, 7) is 2.07. The molecule has 0 fully saturated rings. The van der Waals surface area contributed by atoms with Crippen molar-refractivity contribution >= 4 is 29.1 Å². The van der Waals surface area contributed by atoms with Crippen LogP contribution in [0, 0.1) is 5.82 Å². The molecule has 6 nitrogen and oxygen atoms in total. The molecule has 2 aromatic carbocycles. The molecule has 1 heterocycles. The molecule has 2 aromatic rings. The molecule has 1 atom stereocenters. The van der Waals surface area contributed by atoms with Crippen molar-refractivity contribution in [3.05, 3.63) is 59.9 Å². The number of aryl methyl sites for hydroxylation is 1. The average Bonchev–Trinajstić information content (AvgIpc) is 2.96. The highest BCUT2D eigenvalue weighted by Crippen LogP contribution is 2.14. The lowest BCUT2D eigenvalue weighted by atomic mass is 10.1. The summed E-state index contributed by atoms with van der Waals surface area (Å²) in [7, 11) is 0. The molecule has 0 radical (unpaired) electrons. The van der Waals surface area contributed by atoms with Gasteiger partial charge < -0.3 is 10.6 Å². The summed E-state index contributed by atoms with van der Waals surface area (Å²) in [5, 5.41) is 8.27. The molecule has 1 aliphatic heterocycles. The highest BCUT2D eigenvalue weighted by molar-refractivity contribution is 6.11. The van der Waals surface area contributed by atoms with Gasteiger partial charge in [-0.25, -0.2) is 9.38 Å². The van der Waals surface area contributed by atoms with Gasteiger partial charge in [-0.15, -0.1) is 0 Å². The molecule has 2 amide bonds. The smallest absolute Gasteiger partial charge is 0.252 e. The topological polar surface area (TPSA) is 82.6 Å². The number of hydrogen-bond donors (Lipinski definition) is 3. The summed E-state index contributed by atoms with van der Waals surface area (Å²) in [6.07, 6.45) is 0.854. The second-order valence-electron chi connectivity index (χ2n) is 5.92. The number of halogens is 1. The first-order valence-electron chi connectivity index (χ1n) is 8.33. The zero-order valence-corrected chi connectivity index (χ0v) is 14.3. The first-order valence-corrected chi connectivity index (χ1v) is 8.33. The highest BCUT2D eigenvalue weighted by atomic mass is 19.1. The van der Waals surface area contributed by atoms with Gasteiger partial charge in [-0.2, -0.15) is 0 Å². The van der Waals surface area contributed by atoms with E-state index in [1.54, 1.807) is 0 Å². The van der Waals surface area contributed by atoms with Gasteiger partial charge in [0.1, 0.15) is 11.9 Å². The number of carbonyl (C=O) groups is 2. The van der Waals surface area contributed by atoms with Gasteiger partial charge >= 0.3 is 0 Å². The van der Waals surface area contributed by atoms with Crippen molar-refractivity contribution in [2.24, 2.45) is 4.99 Å². The molecule has 7 heteroatoms. The molecule has 1 unspecified atom stereocenters. The van der Waals surface area contributed by atoms with E-state index in [4.69, 9.17) is 0 Å². The van der Waals surface area contributed by atoms with Crippen molar-refractivity contribution in [3.8, 4) is 0 Å². The van der Waals surface area contributed by atoms with Crippen molar-refractivity contribution in [2.45, 2.75) is 25.8 Å². The van der Waals surface area contributed by atoms with E-state index in [2.05, 4.69) is 27.9 Å². The van der Waals surface area contributed by atoms with E-state index in [1.807, 2.05) is 24.3 Å². The van der Waals surface area contributed by atoms with Crippen molar-refractivity contribution in [1.29, 1.82) is 0 Å². The Morgan fingerprint density at radius 3 is 2.42 bits per heavy atom. The van der Waals surface area contributed by atoms with E-state index >= 15 is 0 Å². The van der Waals surface area contributed by atoms with Gasteiger partial charge in [0.05, 0.1) is 6.42 Å². The summed E-state index contributed by atoms with van der Waals surface area (Å²) in [5.74, 6) is -0.773. The second-order valence-corrected chi connectivity index (χ2v) is 5.92. The van der Waals surface area contributed by atoms with Crippen LogP contribution in [0.15, 0.2) is 53.5 Å². The molecule has 3 rings (SSSR count). The average molecular weight is 354 g/mol. The quantitative estimate of drug-likeness (QED) is 0.772. The van der Waals surface area contributed by atoms with Gasteiger partial charge in [-0.3, -0.25) is 14.9 Å². The molecular formula is C19H19FN4O2. The molecule has 0 bridgehead atoms. The van der Waals surface area contributed by atoms with Crippen LogP contribution in [0.1, 0.15) is 18.9 Å². The van der Waals surface area contributed by atoms with Crippen molar-refractivity contribution in [2.75, 3.05) is 10.6 Å². The lowest BCUT2D eigenvalue weighted by Crippen LogP contribution is -2.33. The fraction of sp³-hybridized carbons (Fsp3) is 0.211. The van der Waals surface area contributed by atoms with Crippen LogP contribution in [0.4, 0.5) is 15.8 Å². The Morgan fingerprint density at radius 2 is 1.77 bits per heavy atom. The lowest BCUT2D eigenvalue weighted by Gasteiger charge is -2.06. The van der Waals surface area contributed by atoms with E-state index in [9.17, 15) is 14.0 Å². The molecule has 26 heavy (non-hydrogen) atoms. The van der Waals surface area contributed by atoms with E-state index < -0.39 is 6.04 Å². The Hall–Kier alpha value is -3.22. The number of nitrogens with zero attached hydrogens (tertiary/aromatic N) is 1. The molecule has 3 N–H and O–H groups in total. The van der Waals surface area contributed by atoms with Gasteiger partial charge in [-0.05, 0) is 48.4 Å². The Kier molecular flexibility index (Phi) is 5.26.